The molecule has 2 aromatic rings. The number of aromatic nitrogens is 3. The molecule has 1 saturated heterocycles. The van der Waals surface area contributed by atoms with E-state index in [0.717, 1.165) is 10.6 Å². The fourth-order valence-corrected chi connectivity index (χ4v) is 2.31. The maximum Gasteiger partial charge on any atom is 0.471 e. The van der Waals surface area contributed by atoms with Gasteiger partial charge in [-0.15, -0.1) is 0 Å². The minimum atomic E-state index is -4.76. The van der Waals surface area contributed by atoms with Crippen LogP contribution < -0.4 is 10.9 Å². The maximum absolute atomic E-state index is 12.5. The first-order chi connectivity index (χ1) is 11.8. The second-order valence-electron chi connectivity index (χ2n) is 5.43. The molecule has 25 heavy (non-hydrogen) atoms. The summed E-state index contributed by atoms with van der Waals surface area (Å²) in [6.45, 7) is 0.790. The first kappa shape index (κ1) is 17.1. The van der Waals surface area contributed by atoms with Gasteiger partial charge in [0.2, 0.25) is 11.7 Å². The van der Waals surface area contributed by atoms with E-state index in [0.29, 0.717) is 19.6 Å². The van der Waals surface area contributed by atoms with Crippen LogP contribution in [0.3, 0.4) is 0 Å². The molecule has 1 fully saturated rings. The lowest BCUT2D eigenvalue weighted by Gasteiger charge is -2.11. The number of rotatable bonds is 4. The van der Waals surface area contributed by atoms with Crippen molar-refractivity contribution in [2.45, 2.75) is 25.2 Å². The first-order valence-electron chi connectivity index (χ1n) is 7.32. The smallest absolute Gasteiger partial charge is 0.379 e. The van der Waals surface area contributed by atoms with Crippen molar-refractivity contribution in [1.29, 1.82) is 0 Å². The Morgan fingerprint density at radius 1 is 1.44 bits per heavy atom. The van der Waals surface area contributed by atoms with E-state index >= 15 is 0 Å². The van der Waals surface area contributed by atoms with Crippen molar-refractivity contribution < 1.29 is 27.2 Å². The zero-order chi connectivity index (χ0) is 18.0. The van der Waals surface area contributed by atoms with E-state index in [1.54, 1.807) is 0 Å². The van der Waals surface area contributed by atoms with E-state index in [1.807, 2.05) is 0 Å². The van der Waals surface area contributed by atoms with Crippen LogP contribution in [0.1, 0.15) is 12.3 Å². The van der Waals surface area contributed by atoms with Gasteiger partial charge in [0.25, 0.3) is 5.56 Å². The average molecular weight is 358 g/mol. The average Bonchev–Trinajstić information content (AvgIpc) is 3.19. The molecule has 0 unspecified atom stereocenters. The third kappa shape index (κ3) is 4.05. The van der Waals surface area contributed by atoms with Crippen molar-refractivity contribution in [3.63, 3.8) is 0 Å². The summed E-state index contributed by atoms with van der Waals surface area (Å²) in [7, 11) is 0. The van der Waals surface area contributed by atoms with Crippen LogP contribution in [0.5, 0.6) is 0 Å². The molecule has 0 radical (unpaired) electrons. The van der Waals surface area contributed by atoms with Crippen LogP contribution >= 0.6 is 0 Å². The zero-order valence-electron chi connectivity index (χ0n) is 12.7. The molecule has 1 aliphatic rings. The first-order valence-corrected chi connectivity index (χ1v) is 7.32. The SMILES string of the molecule is O=C(Cn1ccc(-c2noc(C(F)(F)F)n2)cc1=O)N[C@@H]1CCOC1. The molecule has 1 aliphatic heterocycles. The predicted octanol–water partition coefficient (Wildman–Crippen LogP) is 0.822. The highest BCUT2D eigenvalue weighted by atomic mass is 19.4. The summed E-state index contributed by atoms with van der Waals surface area (Å²) in [5, 5.41) is 5.94. The number of nitrogens with zero attached hydrogens (tertiary/aromatic N) is 3. The molecule has 1 N–H and O–H groups in total. The predicted molar refractivity (Wildman–Crippen MR) is 76.4 cm³/mol. The van der Waals surface area contributed by atoms with Crippen molar-refractivity contribution in [3.05, 3.63) is 34.6 Å². The Morgan fingerprint density at radius 3 is 2.84 bits per heavy atom. The van der Waals surface area contributed by atoms with Crippen molar-refractivity contribution in [1.82, 2.24) is 20.0 Å². The van der Waals surface area contributed by atoms with Crippen molar-refractivity contribution in [2.75, 3.05) is 13.2 Å². The Bertz CT molecular complexity index is 824. The third-order valence-corrected chi connectivity index (χ3v) is 3.53. The molecular formula is C14H13F3N4O4. The fourth-order valence-electron chi connectivity index (χ4n) is 2.31. The van der Waals surface area contributed by atoms with Crippen LogP contribution in [-0.4, -0.2) is 39.9 Å². The summed E-state index contributed by atoms with van der Waals surface area (Å²) < 4.78 is 47.7. The van der Waals surface area contributed by atoms with E-state index in [9.17, 15) is 22.8 Å². The Hall–Kier alpha value is -2.69. The number of nitrogens with one attached hydrogen (secondary N) is 1. The maximum atomic E-state index is 12.5. The Labute approximate surface area is 138 Å². The summed E-state index contributed by atoms with van der Waals surface area (Å²) >= 11 is 0. The molecule has 8 nitrogen and oxygen atoms in total. The number of carbonyl (C=O) groups is 1. The minimum absolute atomic E-state index is 0.0603. The van der Waals surface area contributed by atoms with Crippen molar-refractivity contribution in [3.8, 4) is 11.4 Å². The van der Waals surface area contributed by atoms with E-state index < -0.39 is 17.6 Å². The molecule has 134 valence electrons. The number of alkyl halides is 3. The van der Waals surface area contributed by atoms with Gasteiger partial charge in [-0.05, 0) is 12.5 Å². The van der Waals surface area contributed by atoms with Gasteiger partial charge in [0.1, 0.15) is 6.54 Å². The molecule has 3 rings (SSSR count). The highest BCUT2D eigenvalue weighted by Crippen LogP contribution is 2.28. The Kier molecular flexibility index (Phi) is 4.57. The van der Waals surface area contributed by atoms with Gasteiger partial charge in [-0.3, -0.25) is 9.59 Å². The third-order valence-electron chi connectivity index (χ3n) is 3.53. The number of pyridine rings is 1. The number of halogens is 3. The Balaban J connectivity index is 1.71. The second kappa shape index (κ2) is 6.67. The number of hydrogen-bond donors (Lipinski definition) is 1. The molecule has 2 aromatic heterocycles. The number of carbonyl (C=O) groups excluding carboxylic acids is 1. The molecule has 0 aliphatic carbocycles. The lowest BCUT2D eigenvalue weighted by atomic mass is 10.2. The lowest BCUT2D eigenvalue weighted by molar-refractivity contribution is -0.159. The van der Waals surface area contributed by atoms with Gasteiger partial charge in [-0.2, -0.15) is 18.2 Å². The molecule has 1 atom stereocenters. The zero-order valence-corrected chi connectivity index (χ0v) is 12.7. The number of ether oxygens (including phenoxy) is 1. The summed E-state index contributed by atoms with van der Waals surface area (Å²) in [6.07, 6.45) is -2.77. The lowest BCUT2D eigenvalue weighted by Crippen LogP contribution is -2.38. The van der Waals surface area contributed by atoms with Gasteiger partial charge in [0.05, 0.1) is 12.6 Å². The molecule has 0 aromatic carbocycles. The molecule has 0 spiro atoms. The highest BCUT2D eigenvalue weighted by Gasteiger charge is 2.38. The van der Waals surface area contributed by atoms with Gasteiger partial charge in [-0.1, -0.05) is 5.16 Å². The van der Waals surface area contributed by atoms with Gasteiger partial charge in [-0.25, -0.2) is 0 Å². The van der Waals surface area contributed by atoms with Crippen LogP contribution in [0.25, 0.3) is 11.4 Å². The summed E-state index contributed by atoms with van der Waals surface area (Å²) in [5.41, 5.74) is -0.515. The minimum Gasteiger partial charge on any atom is -0.379 e. The molecule has 3 heterocycles. The Morgan fingerprint density at radius 2 is 2.24 bits per heavy atom. The normalized spacial score (nSPS) is 17.6. The van der Waals surface area contributed by atoms with Crippen LogP contribution in [-0.2, 0) is 22.3 Å². The summed E-state index contributed by atoms with van der Waals surface area (Å²) in [6, 6.07) is 2.29. The van der Waals surface area contributed by atoms with Crippen LogP contribution in [0.15, 0.2) is 27.6 Å². The number of amides is 1. The monoisotopic (exact) mass is 358 g/mol. The molecule has 0 saturated carbocycles. The van der Waals surface area contributed by atoms with E-state index in [2.05, 4.69) is 20.0 Å². The van der Waals surface area contributed by atoms with Gasteiger partial charge < -0.3 is 19.1 Å². The second-order valence-corrected chi connectivity index (χ2v) is 5.43. The van der Waals surface area contributed by atoms with E-state index in [1.165, 1.54) is 12.3 Å². The molecule has 1 amide bonds. The van der Waals surface area contributed by atoms with Gasteiger partial charge in [0.15, 0.2) is 0 Å². The highest BCUT2D eigenvalue weighted by molar-refractivity contribution is 5.76. The topological polar surface area (TPSA) is 99.3 Å². The van der Waals surface area contributed by atoms with E-state index in [4.69, 9.17) is 4.74 Å². The van der Waals surface area contributed by atoms with Crippen LogP contribution in [0, 0.1) is 0 Å². The molecule has 11 heteroatoms. The largest absolute Gasteiger partial charge is 0.471 e. The van der Waals surface area contributed by atoms with E-state index in [-0.39, 0.29) is 29.9 Å². The van der Waals surface area contributed by atoms with Gasteiger partial charge >= 0.3 is 12.1 Å². The van der Waals surface area contributed by atoms with Crippen molar-refractivity contribution >= 4 is 5.91 Å². The van der Waals surface area contributed by atoms with Crippen LogP contribution in [0.4, 0.5) is 13.2 Å². The fraction of sp³-hybridized carbons (Fsp3) is 0.429. The quantitative estimate of drug-likeness (QED) is 0.869. The van der Waals surface area contributed by atoms with Gasteiger partial charge in [0, 0.05) is 24.4 Å². The number of hydrogen-bond acceptors (Lipinski definition) is 6. The summed E-state index contributed by atoms with van der Waals surface area (Å²) in [4.78, 5) is 27.1. The summed E-state index contributed by atoms with van der Waals surface area (Å²) in [5.74, 6) is -2.21. The standard InChI is InChI=1S/C14H13F3N4O4/c15-14(16,17)13-19-12(20-25-13)8-1-3-21(11(23)5-8)6-10(22)18-9-2-4-24-7-9/h1,3,5,9H,2,4,6-7H2,(H,18,22)/t9-/m1/s1. The van der Waals surface area contributed by atoms with Crippen LogP contribution in [0.2, 0.25) is 0 Å². The molecule has 0 bridgehead atoms. The molecular weight excluding hydrogens is 345 g/mol. The van der Waals surface area contributed by atoms with Crippen molar-refractivity contribution in [2.24, 2.45) is 0 Å².